The summed E-state index contributed by atoms with van der Waals surface area (Å²) in [5.41, 5.74) is 3.65. The highest BCUT2D eigenvalue weighted by molar-refractivity contribution is 6.31. The average molecular weight is 288 g/mol. The van der Waals surface area contributed by atoms with Gasteiger partial charge in [-0.25, -0.2) is 0 Å². The van der Waals surface area contributed by atoms with Crippen molar-refractivity contribution in [1.82, 2.24) is 0 Å². The molecule has 2 aromatic rings. The van der Waals surface area contributed by atoms with Crippen molar-refractivity contribution in [3.8, 4) is 0 Å². The zero-order valence-corrected chi connectivity index (χ0v) is 13.1. The largest absolute Gasteiger partial charge is 0.378 e. The fourth-order valence-electron chi connectivity index (χ4n) is 2.30. The lowest BCUT2D eigenvalue weighted by molar-refractivity contribution is 0.733. The smallest absolute Gasteiger partial charge is 0.0500 e. The van der Waals surface area contributed by atoms with Crippen molar-refractivity contribution in [3.05, 3.63) is 64.7 Å². The summed E-state index contributed by atoms with van der Waals surface area (Å²) < 4.78 is 0. The number of hydrogen-bond donors (Lipinski definition) is 1. The molecule has 2 aromatic carbocycles. The third-order valence-electron chi connectivity index (χ3n) is 3.85. The van der Waals surface area contributed by atoms with E-state index in [9.17, 15) is 0 Å². The van der Waals surface area contributed by atoms with Gasteiger partial charge in [0.15, 0.2) is 0 Å². The summed E-state index contributed by atoms with van der Waals surface area (Å²) in [7, 11) is 0. The molecule has 0 aliphatic rings. The third kappa shape index (κ3) is 3.55. The van der Waals surface area contributed by atoms with Crippen molar-refractivity contribution in [2.45, 2.75) is 39.2 Å². The van der Waals surface area contributed by atoms with E-state index in [2.05, 4.69) is 56.4 Å². The molecule has 2 heteroatoms. The van der Waals surface area contributed by atoms with Crippen LogP contribution < -0.4 is 5.32 Å². The molecule has 0 saturated carbocycles. The fraction of sp³-hybridized carbons (Fsp3) is 0.333. The number of hydrogen-bond acceptors (Lipinski definition) is 1. The topological polar surface area (TPSA) is 12.0 Å². The zero-order chi connectivity index (χ0) is 14.5. The quantitative estimate of drug-likeness (QED) is 0.708. The van der Waals surface area contributed by atoms with E-state index in [4.69, 9.17) is 11.6 Å². The molecule has 0 heterocycles. The number of benzene rings is 2. The van der Waals surface area contributed by atoms with Gasteiger partial charge in [-0.15, -0.1) is 0 Å². The van der Waals surface area contributed by atoms with Crippen LogP contribution in [0.3, 0.4) is 0 Å². The molecule has 0 aliphatic heterocycles. The van der Waals surface area contributed by atoms with Crippen LogP contribution in [0.2, 0.25) is 5.02 Å². The van der Waals surface area contributed by atoms with Crippen LogP contribution in [0.25, 0.3) is 0 Å². The molecule has 2 unspecified atom stereocenters. The number of anilines is 1. The van der Waals surface area contributed by atoms with Crippen molar-refractivity contribution >= 4 is 17.3 Å². The zero-order valence-electron chi connectivity index (χ0n) is 12.4. The Hall–Kier alpha value is -1.47. The Kier molecular flexibility index (Phi) is 5.08. The van der Waals surface area contributed by atoms with Gasteiger partial charge in [0.25, 0.3) is 0 Å². The van der Waals surface area contributed by atoms with Crippen LogP contribution in [0.1, 0.15) is 50.3 Å². The van der Waals surface area contributed by atoms with Gasteiger partial charge in [-0.3, -0.25) is 0 Å². The average Bonchev–Trinajstić information content (AvgIpc) is 2.47. The van der Waals surface area contributed by atoms with Crippen LogP contribution in [-0.2, 0) is 0 Å². The molecule has 20 heavy (non-hydrogen) atoms. The number of rotatable bonds is 5. The maximum Gasteiger partial charge on any atom is 0.0500 e. The van der Waals surface area contributed by atoms with Crippen molar-refractivity contribution in [2.24, 2.45) is 0 Å². The lowest BCUT2D eigenvalue weighted by atomic mass is 9.98. The Bertz CT molecular complexity index is 548. The van der Waals surface area contributed by atoms with E-state index in [-0.39, 0.29) is 6.04 Å². The maximum absolute atomic E-state index is 6.23. The van der Waals surface area contributed by atoms with Crippen molar-refractivity contribution < 1.29 is 0 Å². The molecule has 0 aliphatic carbocycles. The molecule has 1 N–H and O–H groups in total. The first kappa shape index (κ1) is 14.9. The first-order chi connectivity index (χ1) is 9.61. The van der Waals surface area contributed by atoms with E-state index < -0.39 is 0 Å². The van der Waals surface area contributed by atoms with Crippen LogP contribution >= 0.6 is 11.6 Å². The van der Waals surface area contributed by atoms with E-state index in [1.807, 2.05) is 18.2 Å². The Balaban J connectivity index is 2.08. The SMILES string of the molecule is CCC(C)c1ccc(NC(C)c2ccccc2Cl)cc1. The van der Waals surface area contributed by atoms with E-state index in [1.54, 1.807) is 0 Å². The van der Waals surface area contributed by atoms with Crippen LogP contribution in [0.5, 0.6) is 0 Å². The Morgan fingerprint density at radius 2 is 1.65 bits per heavy atom. The summed E-state index contributed by atoms with van der Waals surface area (Å²) in [6, 6.07) is 16.9. The summed E-state index contributed by atoms with van der Waals surface area (Å²) in [4.78, 5) is 0. The minimum Gasteiger partial charge on any atom is -0.378 e. The molecule has 0 radical (unpaired) electrons. The highest BCUT2D eigenvalue weighted by atomic mass is 35.5. The minimum absolute atomic E-state index is 0.193. The second-order valence-electron chi connectivity index (χ2n) is 5.32. The first-order valence-corrected chi connectivity index (χ1v) is 7.60. The third-order valence-corrected chi connectivity index (χ3v) is 4.19. The molecule has 106 valence electrons. The molecular weight excluding hydrogens is 266 g/mol. The lowest BCUT2D eigenvalue weighted by Crippen LogP contribution is -2.07. The highest BCUT2D eigenvalue weighted by Crippen LogP contribution is 2.26. The van der Waals surface area contributed by atoms with Gasteiger partial charge >= 0.3 is 0 Å². The molecule has 2 rings (SSSR count). The van der Waals surface area contributed by atoms with E-state index in [0.29, 0.717) is 5.92 Å². The van der Waals surface area contributed by atoms with Crippen LogP contribution in [0.15, 0.2) is 48.5 Å². The molecule has 0 spiro atoms. The van der Waals surface area contributed by atoms with E-state index in [1.165, 1.54) is 12.0 Å². The monoisotopic (exact) mass is 287 g/mol. The maximum atomic E-state index is 6.23. The Labute approximate surface area is 127 Å². The lowest BCUT2D eigenvalue weighted by Gasteiger charge is -2.18. The van der Waals surface area contributed by atoms with Gasteiger partial charge in [0.2, 0.25) is 0 Å². The number of nitrogens with one attached hydrogen (secondary N) is 1. The summed E-state index contributed by atoms with van der Waals surface area (Å²) in [6.07, 6.45) is 1.17. The van der Waals surface area contributed by atoms with Gasteiger partial charge in [-0.1, -0.05) is 55.8 Å². The second kappa shape index (κ2) is 6.81. The molecule has 1 nitrogen and oxygen atoms in total. The highest BCUT2D eigenvalue weighted by Gasteiger charge is 2.09. The first-order valence-electron chi connectivity index (χ1n) is 7.22. The molecule has 0 amide bonds. The summed E-state index contributed by atoms with van der Waals surface area (Å²) in [6.45, 7) is 6.61. The predicted molar refractivity (Wildman–Crippen MR) is 88.6 cm³/mol. The van der Waals surface area contributed by atoms with Crippen LogP contribution in [0, 0.1) is 0 Å². The van der Waals surface area contributed by atoms with E-state index in [0.717, 1.165) is 16.3 Å². The fourth-order valence-corrected chi connectivity index (χ4v) is 2.60. The Morgan fingerprint density at radius 1 is 1.00 bits per heavy atom. The van der Waals surface area contributed by atoms with Gasteiger partial charge in [0.05, 0.1) is 0 Å². The molecule has 0 bridgehead atoms. The van der Waals surface area contributed by atoms with E-state index >= 15 is 0 Å². The standard InChI is InChI=1S/C18H22ClN/c1-4-13(2)15-9-11-16(12-10-15)20-14(3)17-7-5-6-8-18(17)19/h5-14,20H,4H2,1-3H3. The summed E-state index contributed by atoms with van der Waals surface area (Å²) in [5.74, 6) is 0.616. The molecule has 0 aromatic heterocycles. The van der Waals surface area contributed by atoms with Crippen LogP contribution in [-0.4, -0.2) is 0 Å². The van der Waals surface area contributed by atoms with Gasteiger partial charge in [-0.05, 0) is 48.6 Å². The van der Waals surface area contributed by atoms with Crippen LogP contribution in [0.4, 0.5) is 5.69 Å². The molecule has 0 saturated heterocycles. The van der Waals surface area contributed by atoms with Gasteiger partial charge in [-0.2, -0.15) is 0 Å². The van der Waals surface area contributed by atoms with Crippen molar-refractivity contribution in [2.75, 3.05) is 5.32 Å². The van der Waals surface area contributed by atoms with Gasteiger partial charge in [0.1, 0.15) is 0 Å². The molecule has 0 fully saturated rings. The predicted octanol–water partition coefficient (Wildman–Crippen LogP) is 6.03. The van der Waals surface area contributed by atoms with Gasteiger partial charge in [0, 0.05) is 16.8 Å². The molecular formula is C18H22ClN. The number of halogens is 1. The normalized spacial score (nSPS) is 13.8. The van der Waals surface area contributed by atoms with Crippen molar-refractivity contribution in [1.29, 1.82) is 0 Å². The van der Waals surface area contributed by atoms with Gasteiger partial charge < -0.3 is 5.32 Å². The second-order valence-corrected chi connectivity index (χ2v) is 5.73. The molecule has 2 atom stereocenters. The van der Waals surface area contributed by atoms with Crippen molar-refractivity contribution in [3.63, 3.8) is 0 Å². The minimum atomic E-state index is 0.193. The Morgan fingerprint density at radius 3 is 2.25 bits per heavy atom. The summed E-state index contributed by atoms with van der Waals surface area (Å²) in [5, 5.41) is 4.31. The summed E-state index contributed by atoms with van der Waals surface area (Å²) >= 11 is 6.23.